The van der Waals surface area contributed by atoms with Gasteiger partial charge in [-0.2, -0.15) is 17.5 Å². The highest BCUT2D eigenvalue weighted by atomic mass is 32.2. The van der Waals surface area contributed by atoms with Crippen molar-refractivity contribution in [1.82, 2.24) is 14.3 Å². The van der Waals surface area contributed by atoms with E-state index in [9.17, 15) is 26.4 Å². The molecule has 30 heavy (non-hydrogen) atoms. The second-order valence-electron chi connectivity index (χ2n) is 6.79. The summed E-state index contributed by atoms with van der Waals surface area (Å²) in [6.45, 7) is 2.00. The fourth-order valence-corrected chi connectivity index (χ4v) is 4.57. The second-order valence-corrected chi connectivity index (χ2v) is 8.73. The van der Waals surface area contributed by atoms with Gasteiger partial charge in [0.2, 0.25) is 16.0 Å². The summed E-state index contributed by atoms with van der Waals surface area (Å²) in [5.41, 5.74) is 0.00982. The number of aromatic nitrogens is 2. The second kappa shape index (κ2) is 8.19. The number of benzene rings is 1. The lowest BCUT2D eigenvalue weighted by molar-refractivity contribution is -0.141. The van der Waals surface area contributed by atoms with Gasteiger partial charge in [0.15, 0.2) is 0 Å². The van der Waals surface area contributed by atoms with E-state index in [-0.39, 0.29) is 43.4 Å². The lowest BCUT2D eigenvalue weighted by atomic mass is 10.1. The van der Waals surface area contributed by atoms with Crippen LogP contribution < -0.4 is 4.90 Å². The third-order valence-corrected chi connectivity index (χ3v) is 6.65. The summed E-state index contributed by atoms with van der Waals surface area (Å²) in [6, 6.07) is 5.09. The molecule has 0 bridgehead atoms. The average molecular weight is 444 g/mol. The molecule has 1 N–H and O–H groups in total. The number of alkyl halides is 3. The maximum Gasteiger partial charge on any atom is 0.433 e. The monoisotopic (exact) mass is 444 g/mol. The molecule has 0 radical (unpaired) electrons. The summed E-state index contributed by atoms with van der Waals surface area (Å²) >= 11 is 0. The van der Waals surface area contributed by atoms with Crippen molar-refractivity contribution in [2.24, 2.45) is 0 Å². The van der Waals surface area contributed by atoms with E-state index in [1.807, 2.05) is 0 Å². The first kappa shape index (κ1) is 22.0. The zero-order chi connectivity index (χ0) is 22.1. The number of halogens is 3. The van der Waals surface area contributed by atoms with E-state index in [0.717, 1.165) is 12.3 Å². The number of anilines is 1. The van der Waals surface area contributed by atoms with Gasteiger partial charge in [-0.3, -0.25) is 4.79 Å². The summed E-state index contributed by atoms with van der Waals surface area (Å²) in [6.07, 6.45) is -3.87. The van der Waals surface area contributed by atoms with Crippen LogP contribution in [0.1, 0.15) is 16.8 Å². The third kappa shape index (κ3) is 4.70. The van der Waals surface area contributed by atoms with E-state index in [1.165, 1.54) is 21.3 Å². The van der Waals surface area contributed by atoms with Crippen LogP contribution in [0.2, 0.25) is 0 Å². The summed E-state index contributed by atoms with van der Waals surface area (Å²) < 4.78 is 65.6. The first-order valence-electron chi connectivity index (χ1n) is 8.95. The van der Waals surface area contributed by atoms with Crippen LogP contribution in [0.3, 0.4) is 0 Å². The number of hydrogen-bond acceptors (Lipinski definition) is 6. The molecule has 0 aliphatic carbocycles. The molecule has 0 saturated carbocycles. The zero-order valence-electron chi connectivity index (χ0n) is 15.9. The van der Waals surface area contributed by atoms with E-state index in [0.29, 0.717) is 11.1 Å². The molecule has 1 aliphatic heterocycles. The Hall–Kier alpha value is -2.73. The fourth-order valence-electron chi connectivity index (χ4n) is 3.10. The molecule has 1 aromatic carbocycles. The molecule has 1 aliphatic rings. The van der Waals surface area contributed by atoms with Gasteiger partial charge in [-0.05, 0) is 36.2 Å². The Kier molecular flexibility index (Phi) is 5.99. The predicted octanol–water partition coefficient (Wildman–Crippen LogP) is 1.94. The van der Waals surface area contributed by atoms with Crippen molar-refractivity contribution in [2.75, 3.05) is 31.1 Å². The third-order valence-electron chi connectivity index (χ3n) is 4.75. The normalized spacial score (nSPS) is 15.9. The van der Waals surface area contributed by atoms with Crippen LogP contribution in [0.4, 0.5) is 19.1 Å². The van der Waals surface area contributed by atoms with E-state index in [1.54, 1.807) is 13.0 Å². The Morgan fingerprint density at radius 1 is 1.17 bits per heavy atom. The molecule has 3 rings (SSSR count). The number of sulfonamides is 1. The van der Waals surface area contributed by atoms with E-state index in [2.05, 4.69) is 9.97 Å². The SMILES string of the molecule is Cc1ccc(S(=O)(=O)N2CCN(c3nccc(C(F)(F)F)n3)CC2)cc1CC(=O)O. The number of hydrogen-bond donors (Lipinski definition) is 1. The highest BCUT2D eigenvalue weighted by molar-refractivity contribution is 7.89. The number of carboxylic acids is 1. The quantitative estimate of drug-likeness (QED) is 0.752. The van der Waals surface area contributed by atoms with Gasteiger partial charge in [-0.25, -0.2) is 18.4 Å². The molecular weight excluding hydrogens is 425 g/mol. The Bertz CT molecular complexity index is 1050. The van der Waals surface area contributed by atoms with Crippen LogP contribution in [0.15, 0.2) is 35.4 Å². The van der Waals surface area contributed by atoms with E-state index >= 15 is 0 Å². The molecule has 12 heteroatoms. The molecule has 0 unspecified atom stereocenters. The van der Waals surface area contributed by atoms with Gasteiger partial charge in [0.25, 0.3) is 0 Å². The van der Waals surface area contributed by atoms with Gasteiger partial charge in [0.05, 0.1) is 11.3 Å². The largest absolute Gasteiger partial charge is 0.481 e. The Morgan fingerprint density at radius 2 is 1.83 bits per heavy atom. The molecule has 8 nitrogen and oxygen atoms in total. The minimum absolute atomic E-state index is 0.0203. The van der Waals surface area contributed by atoms with Crippen molar-refractivity contribution >= 4 is 21.9 Å². The molecular formula is C18H19F3N4O4S. The molecule has 0 amide bonds. The standard InChI is InChI=1S/C18H19F3N4O4S/c1-12-2-3-14(10-13(12)11-16(26)27)30(28,29)25-8-6-24(7-9-25)17-22-5-4-15(23-17)18(19,20)21/h2-5,10H,6-9,11H2,1H3,(H,26,27). The maximum atomic E-state index is 12.9. The lowest BCUT2D eigenvalue weighted by Crippen LogP contribution is -2.49. The lowest BCUT2D eigenvalue weighted by Gasteiger charge is -2.34. The summed E-state index contributed by atoms with van der Waals surface area (Å²) in [5.74, 6) is -1.18. The molecule has 1 aromatic heterocycles. The van der Waals surface area contributed by atoms with Crippen molar-refractivity contribution in [3.8, 4) is 0 Å². The van der Waals surface area contributed by atoms with Crippen molar-refractivity contribution in [3.05, 3.63) is 47.3 Å². The van der Waals surface area contributed by atoms with Gasteiger partial charge in [-0.15, -0.1) is 0 Å². The number of rotatable bonds is 5. The summed E-state index contributed by atoms with van der Waals surface area (Å²) in [5, 5.41) is 8.99. The number of aliphatic carboxylic acids is 1. The van der Waals surface area contributed by atoms with Crippen LogP contribution in [-0.2, 0) is 27.4 Å². The van der Waals surface area contributed by atoms with Crippen molar-refractivity contribution in [1.29, 1.82) is 0 Å². The molecule has 0 atom stereocenters. The Morgan fingerprint density at radius 3 is 2.43 bits per heavy atom. The van der Waals surface area contributed by atoms with Crippen molar-refractivity contribution in [2.45, 2.75) is 24.4 Å². The van der Waals surface area contributed by atoms with Crippen LogP contribution >= 0.6 is 0 Å². The molecule has 0 spiro atoms. The fraction of sp³-hybridized carbons (Fsp3) is 0.389. The van der Waals surface area contributed by atoms with Gasteiger partial charge in [-0.1, -0.05) is 6.07 Å². The predicted molar refractivity (Wildman–Crippen MR) is 101 cm³/mol. The maximum absolute atomic E-state index is 12.9. The summed E-state index contributed by atoms with van der Waals surface area (Å²) in [7, 11) is -3.88. The topological polar surface area (TPSA) is 104 Å². The average Bonchev–Trinajstić information content (AvgIpc) is 2.69. The van der Waals surface area contributed by atoms with Crippen LogP contribution in [0.5, 0.6) is 0 Å². The number of aryl methyl sites for hydroxylation is 1. The van der Waals surface area contributed by atoms with Gasteiger partial charge < -0.3 is 10.0 Å². The highest BCUT2D eigenvalue weighted by Gasteiger charge is 2.34. The highest BCUT2D eigenvalue weighted by Crippen LogP contribution is 2.28. The first-order chi connectivity index (χ1) is 14.0. The molecule has 2 heterocycles. The number of carboxylic acid groups (broad SMARTS) is 1. The van der Waals surface area contributed by atoms with Gasteiger partial charge >= 0.3 is 12.1 Å². The van der Waals surface area contributed by atoms with Crippen molar-refractivity contribution < 1.29 is 31.5 Å². The smallest absolute Gasteiger partial charge is 0.433 e. The van der Waals surface area contributed by atoms with E-state index in [4.69, 9.17) is 5.11 Å². The zero-order valence-corrected chi connectivity index (χ0v) is 16.7. The molecule has 1 saturated heterocycles. The minimum atomic E-state index is -4.60. The number of carbonyl (C=O) groups is 1. The molecule has 2 aromatic rings. The molecule has 1 fully saturated rings. The minimum Gasteiger partial charge on any atom is -0.481 e. The summed E-state index contributed by atoms with van der Waals surface area (Å²) in [4.78, 5) is 19.9. The van der Waals surface area contributed by atoms with Gasteiger partial charge in [0.1, 0.15) is 5.69 Å². The number of piperazine rings is 1. The first-order valence-corrected chi connectivity index (χ1v) is 10.4. The van der Waals surface area contributed by atoms with Crippen LogP contribution in [0.25, 0.3) is 0 Å². The Balaban J connectivity index is 1.75. The van der Waals surface area contributed by atoms with Crippen LogP contribution in [-0.4, -0.2) is 59.9 Å². The van der Waals surface area contributed by atoms with Gasteiger partial charge in [0, 0.05) is 32.4 Å². The van der Waals surface area contributed by atoms with Crippen LogP contribution in [0, 0.1) is 6.92 Å². The molecule has 162 valence electrons. The number of nitrogens with zero attached hydrogens (tertiary/aromatic N) is 4. The van der Waals surface area contributed by atoms with E-state index < -0.39 is 27.9 Å². The van der Waals surface area contributed by atoms with Crippen molar-refractivity contribution in [3.63, 3.8) is 0 Å². The Labute approximate surface area is 171 Å².